The summed E-state index contributed by atoms with van der Waals surface area (Å²) >= 11 is 0. The molecule has 0 bridgehead atoms. The van der Waals surface area contributed by atoms with Gasteiger partial charge in [-0.25, -0.2) is 4.39 Å². The van der Waals surface area contributed by atoms with Crippen LogP contribution in [0.2, 0.25) is 0 Å². The molecule has 1 aliphatic heterocycles. The van der Waals surface area contributed by atoms with Crippen molar-refractivity contribution in [2.75, 3.05) is 33.2 Å². The van der Waals surface area contributed by atoms with Gasteiger partial charge in [0.15, 0.2) is 0 Å². The van der Waals surface area contributed by atoms with Gasteiger partial charge in [-0.3, -0.25) is 9.88 Å². The number of nitrogens with zero attached hydrogens (tertiary/aromatic N) is 3. The number of aromatic amines is 1. The summed E-state index contributed by atoms with van der Waals surface area (Å²) in [6.45, 7) is 4.19. The maximum absolute atomic E-state index is 13.3. The number of nitrogens with one attached hydrogen (secondary N) is 1. The van der Waals surface area contributed by atoms with Gasteiger partial charge in [-0.1, -0.05) is 12.1 Å². The average Bonchev–Trinajstić information content (AvgIpc) is 3.19. The quantitative estimate of drug-likeness (QED) is 0.700. The fourth-order valence-electron chi connectivity index (χ4n) is 4.07. The molecule has 5 heteroatoms. The molecule has 1 saturated heterocycles. The van der Waals surface area contributed by atoms with Crippen LogP contribution < -0.4 is 0 Å². The van der Waals surface area contributed by atoms with E-state index < -0.39 is 0 Å². The predicted octanol–water partition coefficient (Wildman–Crippen LogP) is 4.14. The highest BCUT2D eigenvalue weighted by atomic mass is 19.1. The molecule has 1 aromatic carbocycles. The van der Waals surface area contributed by atoms with Crippen LogP contribution in [0.3, 0.4) is 0 Å². The van der Waals surface area contributed by atoms with Gasteiger partial charge in [0, 0.05) is 56.0 Å². The zero-order chi connectivity index (χ0) is 19.3. The molecule has 1 unspecified atom stereocenters. The average molecular weight is 378 g/mol. The Morgan fingerprint density at radius 2 is 1.86 bits per heavy atom. The Kier molecular flexibility index (Phi) is 5.84. The van der Waals surface area contributed by atoms with Crippen LogP contribution in [0.5, 0.6) is 0 Å². The summed E-state index contributed by atoms with van der Waals surface area (Å²) in [5.74, 6) is -0.171. The number of likely N-dealkylation sites (N-methyl/N-ethyl adjacent to an activating group) is 1. The zero-order valence-electron chi connectivity index (χ0n) is 16.3. The first kappa shape index (κ1) is 18.8. The highest BCUT2D eigenvalue weighted by molar-refractivity contribution is 5.66. The number of halogens is 1. The van der Waals surface area contributed by atoms with E-state index in [4.69, 9.17) is 0 Å². The summed E-state index contributed by atoms with van der Waals surface area (Å²) in [7, 11) is 2.16. The molecule has 0 amide bonds. The number of H-pyrrole nitrogens is 1. The summed E-state index contributed by atoms with van der Waals surface area (Å²) in [6.07, 6.45) is 10.0. The molecule has 1 atom stereocenters. The molecule has 1 N–H and O–H groups in total. The highest BCUT2D eigenvalue weighted by Gasteiger charge is 2.25. The van der Waals surface area contributed by atoms with Crippen molar-refractivity contribution in [3.63, 3.8) is 0 Å². The van der Waals surface area contributed by atoms with Crippen molar-refractivity contribution >= 4 is 0 Å². The predicted molar refractivity (Wildman–Crippen MR) is 111 cm³/mol. The van der Waals surface area contributed by atoms with Gasteiger partial charge >= 0.3 is 0 Å². The van der Waals surface area contributed by atoms with Crippen LogP contribution in [0.25, 0.3) is 11.1 Å². The number of pyridine rings is 1. The molecule has 28 heavy (non-hydrogen) atoms. The van der Waals surface area contributed by atoms with Crippen LogP contribution in [0.15, 0.2) is 61.2 Å². The Labute approximate surface area is 166 Å². The van der Waals surface area contributed by atoms with E-state index in [1.807, 2.05) is 24.5 Å². The topological polar surface area (TPSA) is 35.2 Å². The zero-order valence-corrected chi connectivity index (χ0v) is 16.3. The van der Waals surface area contributed by atoms with Gasteiger partial charge in [0.1, 0.15) is 5.82 Å². The summed E-state index contributed by atoms with van der Waals surface area (Å²) in [6, 6.07) is 11.4. The smallest absolute Gasteiger partial charge is 0.123 e. The molecule has 0 saturated carbocycles. The summed E-state index contributed by atoms with van der Waals surface area (Å²) in [4.78, 5) is 12.3. The third kappa shape index (κ3) is 4.32. The number of hydrogen-bond acceptors (Lipinski definition) is 3. The lowest BCUT2D eigenvalue weighted by Crippen LogP contribution is -2.46. The standard InChI is InChI=1S/C23H27FN4/c1-27-13-14-28(17-23(27)19-4-6-21(24)7-5-19)12-2-3-20-15-26-16-22(20)18-8-10-25-11-9-18/h4-11,15-16,23,26H,2-3,12-14,17H2,1H3. The minimum Gasteiger partial charge on any atom is -0.367 e. The van der Waals surface area contributed by atoms with Crippen LogP contribution in [-0.2, 0) is 6.42 Å². The minimum absolute atomic E-state index is 0.171. The van der Waals surface area contributed by atoms with Crippen molar-refractivity contribution in [2.45, 2.75) is 18.9 Å². The highest BCUT2D eigenvalue weighted by Crippen LogP contribution is 2.26. The number of aryl methyl sites for hydroxylation is 1. The Hall–Kier alpha value is -2.50. The Morgan fingerprint density at radius 1 is 1.07 bits per heavy atom. The van der Waals surface area contributed by atoms with E-state index in [9.17, 15) is 4.39 Å². The van der Waals surface area contributed by atoms with Crippen molar-refractivity contribution in [3.8, 4) is 11.1 Å². The summed E-state index contributed by atoms with van der Waals surface area (Å²) < 4.78 is 13.3. The molecule has 146 valence electrons. The van der Waals surface area contributed by atoms with Crippen molar-refractivity contribution in [3.05, 3.63) is 78.1 Å². The first-order chi connectivity index (χ1) is 13.7. The Balaban J connectivity index is 1.34. The third-order valence-corrected chi connectivity index (χ3v) is 5.73. The van der Waals surface area contributed by atoms with Crippen molar-refractivity contribution in [2.24, 2.45) is 0 Å². The lowest BCUT2D eigenvalue weighted by molar-refractivity contribution is 0.0948. The SMILES string of the molecule is CN1CCN(CCCc2c[nH]cc2-c2ccncc2)CC1c1ccc(F)cc1. The van der Waals surface area contributed by atoms with Gasteiger partial charge in [-0.2, -0.15) is 0 Å². The van der Waals surface area contributed by atoms with Crippen LogP contribution >= 0.6 is 0 Å². The molecular weight excluding hydrogens is 351 g/mol. The first-order valence-electron chi connectivity index (χ1n) is 9.95. The lowest BCUT2D eigenvalue weighted by Gasteiger charge is -2.39. The molecular formula is C23H27FN4. The molecule has 3 heterocycles. The van der Waals surface area contributed by atoms with Crippen LogP contribution in [0.4, 0.5) is 4.39 Å². The van der Waals surface area contributed by atoms with Gasteiger partial charge in [0.25, 0.3) is 0 Å². The normalized spacial score (nSPS) is 18.4. The third-order valence-electron chi connectivity index (χ3n) is 5.73. The lowest BCUT2D eigenvalue weighted by atomic mass is 10.0. The van der Waals surface area contributed by atoms with E-state index >= 15 is 0 Å². The molecule has 4 rings (SSSR count). The van der Waals surface area contributed by atoms with E-state index in [1.165, 1.54) is 22.3 Å². The second-order valence-electron chi connectivity index (χ2n) is 7.58. The van der Waals surface area contributed by atoms with Crippen molar-refractivity contribution in [1.29, 1.82) is 0 Å². The summed E-state index contributed by atoms with van der Waals surface area (Å²) in [5.41, 5.74) is 5.03. The largest absolute Gasteiger partial charge is 0.367 e. The number of benzene rings is 1. The molecule has 0 aliphatic carbocycles. The molecule has 4 nitrogen and oxygen atoms in total. The van der Waals surface area contributed by atoms with E-state index in [2.05, 4.69) is 51.3 Å². The van der Waals surface area contributed by atoms with Crippen molar-refractivity contribution in [1.82, 2.24) is 19.8 Å². The number of piperazine rings is 1. The maximum atomic E-state index is 13.3. The van der Waals surface area contributed by atoms with E-state index in [1.54, 1.807) is 12.1 Å². The van der Waals surface area contributed by atoms with Crippen LogP contribution in [-0.4, -0.2) is 53.0 Å². The van der Waals surface area contributed by atoms with E-state index in [-0.39, 0.29) is 5.82 Å². The molecule has 1 aliphatic rings. The molecule has 0 radical (unpaired) electrons. The first-order valence-corrected chi connectivity index (χ1v) is 9.95. The van der Waals surface area contributed by atoms with Crippen LogP contribution in [0, 0.1) is 5.82 Å². The molecule has 2 aromatic heterocycles. The Morgan fingerprint density at radius 3 is 2.64 bits per heavy atom. The number of aromatic nitrogens is 2. The fourth-order valence-corrected chi connectivity index (χ4v) is 4.07. The Bertz CT molecular complexity index is 875. The fraction of sp³-hybridized carbons (Fsp3) is 0.348. The second-order valence-corrected chi connectivity index (χ2v) is 7.58. The van der Waals surface area contributed by atoms with Gasteiger partial charge in [0.05, 0.1) is 0 Å². The summed E-state index contributed by atoms with van der Waals surface area (Å²) in [5, 5.41) is 0. The number of rotatable bonds is 6. The molecule has 0 spiro atoms. The minimum atomic E-state index is -0.171. The second kappa shape index (κ2) is 8.67. The van der Waals surface area contributed by atoms with Crippen molar-refractivity contribution < 1.29 is 4.39 Å². The number of hydrogen-bond donors (Lipinski definition) is 1. The van der Waals surface area contributed by atoms with Gasteiger partial charge in [0.2, 0.25) is 0 Å². The van der Waals surface area contributed by atoms with Gasteiger partial charge < -0.3 is 9.88 Å². The van der Waals surface area contributed by atoms with E-state index in [0.29, 0.717) is 6.04 Å². The maximum Gasteiger partial charge on any atom is 0.123 e. The van der Waals surface area contributed by atoms with Gasteiger partial charge in [-0.15, -0.1) is 0 Å². The van der Waals surface area contributed by atoms with Crippen LogP contribution in [0.1, 0.15) is 23.6 Å². The molecule has 1 fully saturated rings. The van der Waals surface area contributed by atoms with E-state index in [0.717, 1.165) is 39.0 Å². The monoisotopic (exact) mass is 378 g/mol. The van der Waals surface area contributed by atoms with Gasteiger partial charge in [-0.05, 0) is 67.4 Å². The molecule has 3 aromatic rings.